The van der Waals surface area contributed by atoms with E-state index < -0.39 is 0 Å². The molecule has 0 saturated carbocycles. The number of aromatic nitrogens is 1. The molecule has 0 radical (unpaired) electrons. The van der Waals surface area contributed by atoms with E-state index in [4.69, 9.17) is 0 Å². The lowest BCUT2D eigenvalue weighted by Crippen LogP contribution is -2.08. The van der Waals surface area contributed by atoms with Crippen molar-refractivity contribution in [1.82, 2.24) is 4.98 Å². The molecule has 2 heteroatoms. The first-order valence-corrected chi connectivity index (χ1v) is 4.42. The van der Waals surface area contributed by atoms with Gasteiger partial charge in [0.05, 0.1) is 5.44 Å². The summed E-state index contributed by atoms with van der Waals surface area (Å²) < 4.78 is 0. The van der Waals surface area contributed by atoms with Gasteiger partial charge in [0.15, 0.2) is 0 Å². The molecular formula is C9H14NP. The summed E-state index contributed by atoms with van der Waals surface area (Å²) in [4.78, 5) is 4.36. The number of nitrogens with zero attached hydrogens (tertiary/aromatic N) is 1. The minimum absolute atomic E-state index is 0.565. The second-order valence-electron chi connectivity index (χ2n) is 3.08. The summed E-state index contributed by atoms with van der Waals surface area (Å²) in [5.41, 5.74) is 3.49. The lowest BCUT2D eigenvalue weighted by molar-refractivity contribution is 0.866. The Labute approximate surface area is 70.4 Å². The van der Waals surface area contributed by atoms with Crippen LogP contribution in [-0.2, 0) is 0 Å². The summed E-state index contributed by atoms with van der Waals surface area (Å²) in [5, 5.41) is 0. The topological polar surface area (TPSA) is 12.9 Å². The van der Waals surface area contributed by atoms with Crippen LogP contribution < -0.4 is 5.44 Å². The molecule has 1 aromatic heterocycles. The zero-order valence-electron chi connectivity index (χ0n) is 7.26. The summed E-state index contributed by atoms with van der Waals surface area (Å²) in [6.45, 7) is 6.37. The number of hydrogen-bond donors (Lipinski definition) is 0. The lowest BCUT2D eigenvalue weighted by atomic mass is 10.1. The molecule has 0 saturated heterocycles. The second-order valence-corrected chi connectivity index (χ2v) is 3.63. The molecule has 0 amide bonds. The number of pyridine rings is 1. The van der Waals surface area contributed by atoms with E-state index in [2.05, 4.69) is 40.2 Å². The van der Waals surface area contributed by atoms with Gasteiger partial charge in [-0.25, -0.2) is 0 Å². The highest BCUT2D eigenvalue weighted by Crippen LogP contribution is 2.12. The average molecular weight is 167 g/mol. The minimum atomic E-state index is 0.565. The summed E-state index contributed by atoms with van der Waals surface area (Å²) in [6, 6.07) is 4.21. The predicted octanol–water partition coefficient (Wildman–Crippen LogP) is 2.01. The van der Waals surface area contributed by atoms with Crippen LogP contribution in [0.25, 0.3) is 0 Å². The van der Waals surface area contributed by atoms with E-state index >= 15 is 0 Å². The molecule has 1 nitrogen and oxygen atoms in total. The monoisotopic (exact) mass is 167 g/mol. The molecule has 11 heavy (non-hydrogen) atoms. The van der Waals surface area contributed by atoms with E-state index in [1.807, 2.05) is 6.92 Å². The van der Waals surface area contributed by atoms with Crippen molar-refractivity contribution in [3.8, 4) is 0 Å². The molecule has 0 aromatic carbocycles. The maximum absolute atomic E-state index is 4.36. The van der Waals surface area contributed by atoms with Crippen LogP contribution in [0.5, 0.6) is 0 Å². The fourth-order valence-electron chi connectivity index (χ4n) is 1.08. The third-order valence-electron chi connectivity index (χ3n) is 1.72. The van der Waals surface area contributed by atoms with Gasteiger partial charge in [0.2, 0.25) is 0 Å². The largest absolute Gasteiger partial charge is 0.254 e. The van der Waals surface area contributed by atoms with Crippen LogP contribution >= 0.6 is 9.24 Å². The van der Waals surface area contributed by atoms with Crippen molar-refractivity contribution >= 4 is 14.7 Å². The Morgan fingerprint density at radius 1 is 1.36 bits per heavy atom. The molecule has 1 atom stereocenters. The molecule has 0 spiro atoms. The van der Waals surface area contributed by atoms with E-state index in [1.54, 1.807) is 0 Å². The van der Waals surface area contributed by atoms with E-state index in [9.17, 15) is 0 Å². The van der Waals surface area contributed by atoms with Gasteiger partial charge in [0, 0.05) is 5.69 Å². The number of rotatable bonds is 1. The van der Waals surface area contributed by atoms with Gasteiger partial charge in [-0.2, -0.15) is 0 Å². The van der Waals surface area contributed by atoms with Gasteiger partial charge < -0.3 is 0 Å². The third-order valence-corrected chi connectivity index (χ3v) is 2.18. The first-order chi connectivity index (χ1) is 5.11. The third kappa shape index (κ3) is 2.00. The molecule has 0 N–H and O–H groups in total. The van der Waals surface area contributed by atoms with Gasteiger partial charge >= 0.3 is 0 Å². The molecule has 1 rings (SSSR count). The molecule has 1 unspecified atom stereocenters. The van der Waals surface area contributed by atoms with Crippen LogP contribution in [0.2, 0.25) is 0 Å². The first kappa shape index (κ1) is 8.67. The smallest absolute Gasteiger partial charge is 0.0606 e. The van der Waals surface area contributed by atoms with Gasteiger partial charge in [-0.3, -0.25) is 4.98 Å². The Hall–Kier alpha value is -0.420. The summed E-state index contributed by atoms with van der Waals surface area (Å²) in [7, 11) is 2.68. The van der Waals surface area contributed by atoms with Crippen LogP contribution in [0, 0.1) is 6.92 Å². The first-order valence-electron chi connectivity index (χ1n) is 3.84. The van der Waals surface area contributed by atoms with E-state index in [1.165, 1.54) is 5.56 Å². The van der Waals surface area contributed by atoms with Crippen LogP contribution in [-0.4, -0.2) is 4.98 Å². The van der Waals surface area contributed by atoms with E-state index in [0.29, 0.717) is 5.92 Å². The zero-order chi connectivity index (χ0) is 8.43. The Balaban J connectivity index is 3.09. The van der Waals surface area contributed by atoms with Crippen LogP contribution in [0.15, 0.2) is 12.1 Å². The van der Waals surface area contributed by atoms with Crippen LogP contribution in [0.3, 0.4) is 0 Å². The fourth-order valence-corrected chi connectivity index (χ4v) is 1.71. The van der Waals surface area contributed by atoms with Crippen molar-refractivity contribution in [3.63, 3.8) is 0 Å². The summed E-state index contributed by atoms with van der Waals surface area (Å²) in [5.74, 6) is 0.565. The number of hydrogen-bond acceptors (Lipinski definition) is 1. The highest BCUT2D eigenvalue weighted by Gasteiger charge is 2.02. The molecule has 60 valence electrons. The standard InChI is InChI=1S/C9H14NP/c1-6(2)8-5-4-7(3)10-9(8)11/h4-6H,11H2,1-3H3. The molecular weight excluding hydrogens is 153 g/mol. The van der Waals surface area contributed by atoms with Crippen molar-refractivity contribution in [2.45, 2.75) is 26.7 Å². The van der Waals surface area contributed by atoms with Crippen LogP contribution in [0.1, 0.15) is 31.0 Å². The highest BCUT2D eigenvalue weighted by molar-refractivity contribution is 7.27. The van der Waals surface area contributed by atoms with Crippen molar-refractivity contribution in [1.29, 1.82) is 0 Å². The Morgan fingerprint density at radius 2 is 2.00 bits per heavy atom. The average Bonchev–Trinajstić information content (AvgIpc) is 1.85. The highest BCUT2D eigenvalue weighted by atomic mass is 31.0. The van der Waals surface area contributed by atoms with E-state index in [-0.39, 0.29) is 0 Å². The number of aryl methyl sites for hydroxylation is 1. The molecule has 1 aromatic rings. The molecule has 0 aliphatic carbocycles. The minimum Gasteiger partial charge on any atom is -0.254 e. The van der Waals surface area contributed by atoms with Crippen molar-refractivity contribution < 1.29 is 0 Å². The van der Waals surface area contributed by atoms with Crippen molar-refractivity contribution in [2.75, 3.05) is 0 Å². The molecule has 0 bridgehead atoms. The maximum Gasteiger partial charge on any atom is 0.0606 e. The molecule has 0 aliphatic rings. The van der Waals surface area contributed by atoms with Gasteiger partial charge in [-0.05, 0) is 24.5 Å². The normalized spacial score (nSPS) is 10.6. The SMILES string of the molecule is Cc1ccc(C(C)C)c(P)n1. The summed E-state index contributed by atoms with van der Waals surface area (Å²) in [6.07, 6.45) is 0. The molecule has 0 aliphatic heterocycles. The van der Waals surface area contributed by atoms with Gasteiger partial charge in [0.1, 0.15) is 0 Å². The Morgan fingerprint density at radius 3 is 2.45 bits per heavy atom. The van der Waals surface area contributed by atoms with Gasteiger partial charge in [0.25, 0.3) is 0 Å². The van der Waals surface area contributed by atoms with Crippen molar-refractivity contribution in [3.05, 3.63) is 23.4 Å². The molecule has 1 heterocycles. The van der Waals surface area contributed by atoms with Gasteiger partial charge in [-0.15, -0.1) is 0 Å². The second kappa shape index (κ2) is 3.32. The lowest BCUT2D eigenvalue weighted by Gasteiger charge is -2.08. The maximum atomic E-state index is 4.36. The van der Waals surface area contributed by atoms with E-state index in [0.717, 1.165) is 11.1 Å². The van der Waals surface area contributed by atoms with Crippen molar-refractivity contribution in [2.24, 2.45) is 0 Å². The Bertz CT molecular complexity index is 256. The molecule has 0 fully saturated rings. The Kier molecular flexibility index (Phi) is 2.62. The summed E-state index contributed by atoms with van der Waals surface area (Å²) >= 11 is 0. The van der Waals surface area contributed by atoms with Crippen LogP contribution in [0.4, 0.5) is 0 Å². The fraction of sp³-hybridized carbons (Fsp3) is 0.444. The predicted molar refractivity (Wildman–Crippen MR) is 52.4 cm³/mol. The zero-order valence-corrected chi connectivity index (χ0v) is 8.41. The van der Waals surface area contributed by atoms with Gasteiger partial charge in [-0.1, -0.05) is 29.2 Å². The quantitative estimate of drug-likeness (QED) is 0.583.